The third-order valence-corrected chi connectivity index (χ3v) is 8.15. The maximum atomic E-state index is 16.0. The summed E-state index contributed by atoms with van der Waals surface area (Å²) in [6.45, 7) is 3.82. The van der Waals surface area contributed by atoms with Crippen LogP contribution in [0.3, 0.4) is 0 Å². The summed E-state index contributed by atoms with van der Waals surface area (Å²) in [7, 11) is 1.70. The minimum Gasteiger partial charge on any atom is -0.384 e. The topological polar surface area (TPSA) is 96.2 Å². The molecule has 2 saturated heterocycles. The Kier molecular flexibility index (Phi) is 7.56. The molecular weight excluding hydrogens is 524 g/mol. The van der Waals surface area contributed by atoms with Gasteiger partial charge in [-0.2, -0.15) is 5.26 Å². The van der Waals surface area contributed by atoms with Crippen LogP contribution in [0.4, 0.5) is 20.2 Å². The fourth-order valence-electron chi connectivity index (χ4n) is 6.09. The molecule has 2 aliphatic rings. The number of pyridine rings is 1. The number of nitriles is 1. The lowest BCUT2D eigenvalue weighted by molar-refractivity contribution is 0.161. The van der Waals surface area contributed by atoms with Crippen molar-refractivity contribution in [2.45, 2.75) is 31.7 Å². The molecule has 2 fully saturated rings. The molecule has 4 heterocycles. The van der Waals surface area contributed by atoms with Crippen molar-refractivity contribution in [2.75, 3.05) is 49.7 Å². The molecule has 0 aliphatic carbocycles. The first-order valence-electron chi connectivity index (χ1n) is 14.1. The van der Waals surface area contributed by atoms with Gasteiger partial charge in [0, 0.05) is 62.7 Å². The number of aromatic nitrogens is 3. The average Bonchev–Trinajstić information content (AvgIpc) is 3.53. The molecule has 212 valence electrons. The minimum atomic E-state index is -0.661. The molecular formula is C31H33F2N7O. The lowest BCUT2D eigenvalue weighted by Gasteiger charge is -2.25. The van der Waals surface area contributed by atoms with E-state index in [0.29, 0.717) is 41.6 Å². The van der Waals surface area contributed by atoms with Gasteiger partial charge in [-0.05, 0) is 61.7 Å². The van der Waals surface area contributed by atoms with Gasteiger partial charge in [0.1, 0.15) is 29.0 Å². The van der Waals surface area contributed by atoms with E-state index in [2.05, 4.69) is 14.8 Å². The van der Waals surface area contributed by atoms with E-state index in [0.717, 1.165) is 56.7 Å². The summed E-state index contributed by atoms with van der Waals surface area (Å²) in [6.07, 6.45) is 5.70. The van der Waals surface area contributed by atoms with Crippen molar-refractivity contribution in [3.05, 3.63) is 65.9 Å². The summed E-state index contributed by atoms with van der Waals surface area (Å²) in [5.41, 5.74) is 9.70. The number of ether oxygens (including phenoxy) is 1. The zero-order valence-corrected chi connectivity index (χ0v) is 23.1. The molecule has 0 radical (unpaired) electrons. The summed E-state index contributed by atoms with van der Waals surface area (Å²) >= 11 is 0. The third kappa shape index (κ3) is 5.23. The predicted octanol–water partition coefficient (Wildman–Crippen LogP) is 5.03. The number of imidazole rings is 1. The van der Waals surface area contributed by atoms with Gasteiger partial charge in [0.05, 0.1) is 23.5 Å². The largest absolute Gasteiger partial charge is 0.384 e. The van der Waals surface area contributed by atoms with E-state index in [1.807, 2.05) is 18.2 Å². The minimum absolute atomic E-state index is 0.0361. The first-order chi connectivity index (χ1) is 20.0. The normalized spacial score (nSPS) is 19.5. The Bertz CT molecular complexity index is 1610. The molecule has 0 spiro atoms. The second-order valence-corrected chi connectivity index (χ2v) is 11.0. The molecule has 0 amide bonds. The lowest BCUT2D eigenvalue weighted by atomic mass is 10.1. The number of rotatable bonds is 6. The van der Waals surface area contributed by atoms with Gasteiger partial charge in [0.2, 0.25) is 0 Å². The maximum absolute atomic E-state index is 16.0. The summed E-state index contributed by atoms with van der Waals surface area (Å²) in [5.74, 6) is -0.342. The van der Waals surface area contributed by atoms with Crippen LogP contribution in [0.1, 0.15) is 31.2 Å². The maximum Gasteiger partial charge on any atom is 0.167 e. The molecule has 8 nitrogen and oxygen atoms in total. The smallest absolute Gasteiger partial charge is 0.167 e. The highest BCUT2D eigenvalue weighted by atomic mass is 19.1. The third-order valence-electron chi connectivity index (χ3n) is 8.15. The lowest BCUT2D eigenvalue weighted by Crippen LogP contribution is -2.35. The first-order valence-corrected chi connectivity index (χ1v) is 14.1. The van der Waals surface area contributed by atoms with Gasteiger partial charge in [-0.1, -0.05) is 6.42 Å². The Hall–Kier alpha value is -4.07. The first kappa shape index (κ1) is 27.1. The van der Waals surface area contributed by atoms with Crippen molar-refractivity contribution in [1.29, 1.82) is 5.26 Å². The molecule has 41 heavy (non-hydrogen) atoms. The molecule has 2 aliphatic heterocycles. The second kappa shape index (κ2) is 11.4. The Labute approximate surface area is 238 Å². The highest BCUT2D eigenvalue weighted by molar-refractivity contribution is 5.90. The summed E-state index contributed by atoms with van der Waals surface area (Å²) in [6, 6.07) is 13.3. The van der Waals surface area contributed by atoms with Crippen molar-refractivity contribution in [3.63, 3.8) is 0 Å². The number of nitrogens with zero attached hydrogens (tertiary/aromatic N) is 6. The highest BCUT2D eigenvalue weighted by Crippen LogP contribution is 2.36. The summed E-state index contributed by atoms with van der Waals surface area (Å²) in [5, 5.41) is 9.25. The van der Waals surface area contributed by atoms with Crippen molar-refractivity contribution < 1.29 is 13.5 Å². The van der Waals surface area contributed by atoms with Crippen LogP contribution in [0.15, 0.2) is 48.7 Å². The molecule has 2 atom stereocenters. The van der Waals surface area contributed by atoms with E-state index < -0.39 is 11.6 Å². The zero-order chi connectivity index (χ0) is 28.5. The summed E-state index contributed by atoms with van der Waals surface area (Å²) < 4.78 is 37.8. The van der Waals surface area contributed by atoms with Gasteiger partial charge in [-0.3, -0.25) is 4.57 Å². The molecule has 0 saturated carbocycles. The van der Waals surface area contributed by atoms with Crippen molar-refractivity contribution in [2.24, 2.45) is 11.7 Å². The fraction of sp³-hybridized carbons (Fsp3) is 0.387. The SMILES string of the molecule is COCC1CCN(c2ccc(-n3c(-c4ccc(C#N)c(F)c4)nc4c(N5CCCCC(N)C5)ccnc43)c(F)c2)C1. The average molecular weight is 558 g/mol. The number of hydrogen-bond donors (Lipinski definition) is 1. The Morgan fingerprint density at radius 2 is 1.88 bits per heavy atom. The number of anilines is 2. The fourth-order valence-corrected chi connectivity index (χ4v) is 6.09. The van der Waals surface area contributed by atoms with Gasteiger partial charge in [0.25, 0.3) is 0 Å². The van der Waals surface area contributed by atoms with Crippen molar-refractivity contribution in [3.8, 4) is 23.1 Å². The van der Waals surface area contributed by atoms with E-state index in [9.17, 15) is 9.65 Å². The monoisotopic (exact) mass is 557 g/mol. The van der Waals surface area contributed by atoms with Crippen LogP contribution in [-0.2, 0) is 4.74 Å². The molecule has 2 aromatic carbocycles. The van der Waals surface area contributed by atoms with Crippen molar-refractivity contribution >= 4 is 22.5 Å². The van der Waals surface area contributed by atoms with Crippen LogP contribution in [0.25, 0.3) is 28.2 Å². The van der Waals surface area contributed by atoms with Crippen molar-refractivity contribution in [1.82, 2.24) is 14.5 Å². The Balaban J connectivity index is 1.49. The Morgan fingerprint density at radius 1 is 1.00 bits per heavy atom. The van der Waals surface area contributed by atoms with E-state index in [1.54, 1.807) is 30.0 Å². The number of nitrogens with two attached hydrogens (primary N) is 1. The standard InChI is InChI=1S/C31H33F2N7O/c1-41-19-20-10-13-38(17-20)24-7-8-27(26(33)15-24)40-30(21-5-6-22(16-34)25(32)14-21)37-29-28(9-11-36-31(29)40)39-12-3-2-4-23(35)18-39/h5-9,11,14-15,20,23H,2-4,10,12-13,17-19,35H2,1H3. The van der Waals surface area contributed by atoms with Crippen LogP contribution in [0.5, 0.6) is 0 Å². The molecule has 2 aromatic heterocycles. The molecule has 2 N–H and O–H groups in total. The van der Waals surface area contributed by atoms with Gasteiger partial charge in [0.15, 0.2) is 5.65 Å². The van der Waals surface area contributed by atoms with Gasteiger partial charge >= 0.3 is 0 Å². The molecule has 10 heteroatoms. The zero-order valence-electron chi connectivity index (χ0n) is 23.1. The van der Waals surface area contributed by atoms with Crippen LogP contribution in [-0.4, -0.2) is 60.5 Å². The Morgan fingerprint density at radius 3 is 2.66 bits per heavy atom. The number of methoxy groups -OCH3 is 1. The number of fused-ring (bicyclic) bond motifs is 1. The highest BCUT2D eigenvalue weighted by Gasteiger charge is 2.26. The number of hydrogen-bond acceptors (Lipinski definition) is 7. The van der Waals surface area contributed by atoms with E-state index in [1.165, 1.54) is 18.2 Å². The van der Waals surface area contributed by atoms with Crippen LogP contribution in [0.2, 0.25) is 0 Å². The summed E-state index contributed by atoms with van der Waals surface area (Å²) in [4.78, 5) is 13.9. The number of benzene rings is 2. The van der Waals surface area contributed by atoms with Crippen LogP contribution < -0.4 is 15.5 Å². The molecule has 0 bridgehead atoms. The van der Waals surface area contributed by atoms with Crippen LogP contribution >= 0.6 is 0 Å². The van der Waals surface area contributed by atoms with Gasteiger partial charge in [-0.15, -0.1) is 0 Å². The van der Waals surface area contributed by atoms with E-state index >= 15 is 4.39 Å². The molecule has 4 aromatic rings. The second-order valence-electron chi connectivity index (χ2n) is 11.0. The molecule has 2 unspecified atom stereocenters. The molecule has 6 rings (SSSR count). The van der Waals surface area contributed by atoms with Crippen LogP contribution in [0, 0.1) is 28.9 Å². The van der Waals surface area contributed by atoms with Gasteiger partial charge < -0.3 is 20.3 Å². The number of halogens is 2. The quantitative estimate of drug-likeness (QED) is 0.355. The van der Waals surface area contributed by atoms with E-state index in [-0.39, 0.29) is 17.3 Å². The van der Waals surface area contributed by atoms with Gasteiger partial charge in [-0.25, -0.2) is 18.7 Å². The van der Waals surface area contributed by atoms with E-state index in [4.69, 9.17) is 15.5 Å². The predicted molar refractivity (Wildman–Crippen MR) is 155 cm³/mol.